The van der Waals surface area contributed by atoms with Gasteiger partial charge in [0.1, 0.15) is 11.5 Å². The van der Waals surface area contributed by atoms with Crippen LogP contribution in [0.1, 0.15) is 65.2 Å². The number of aliphatic hydroxyl groups excluding tert-OH is 1. The second-order valence-electron chi connectivity index (χ2n) is 12.4. The zero-order valence-corrected chi connectivity index (χ0v) is 26.3. The summed E-state index contributed by atoms with van der Waals surface area (Å²) < 4.78 is 11.1. The number of methoxy groups -OCH3 is 2. The molecule has 0 bridgehead atoms. The first kappa shape index (κ1) is 31.7. The lowest BCUT2D eigenvalue weighted by Crippen LogP contribution is -2.41. The van der Waals surface area contributed by atoms with Gasteiger partial charge in [0, 0.05) is 62.8 Å². The van der Waals surface area contributed by atoms with Gasteiger partial charge in [-0.3, -0.25) is 14.5 Å². The molecule has 1 amide bonds. The Bertz CT molecular complexity index is 1390. The molecule has 0 radical (unpaired) electrons. The fourth-order valence-corrected chi connectivity index (χ4v) is 6.75. The molecule has 2 aliphatic rings. The van der Waals surface area contributed by atoms with Crippen LogP contribution in [0.3, 0.4) is 0 Å². The standard InChI is InChI=1S/C37H46N2O5/c1-26(40)38-18-16-28(17-19-38)20-27-8-10-29(11-9-27)36(42)15-13-34(41)25-39(33-21-30-6-4-5-7-31(30)22-33)24-32-12-14-35(43-2)23-37(32)44-3/h4-12,14,23,28,33-34,41H,13,15-22,24-25H2,1-3H3. The van der Waals surface area contributed by atoms with E-state index in [1.807, 2.05) is 35.2 Å². The number of nitrogens with zero attached hydrogens (tertiary/aromatic N) is 2. The van der Waals surface area contributed by atoms with Crippen LogP contribution in [0.25, 0.3) is 0 Å². The van der Waals surface area contributed by atoms with Crippen molar-refractivity contribution in [1.29, 1.82) is 0 Å². The van der Waals surface area contributed by atoms with Crippen molar-refractivity contribution in [3.8, 4) is 11.5 Å². The molecule has 1 aliphatic heterocycles. The van der Waals surface area contributed by atoms with E-state index < -0.39 is 6.10 Å². The monoisotopic (exact) mass is 598 g/mol. The molecule has 44 heavy (non-hydrogen) atoms. The summed E-state index contributed by atoms with van der Waals surface area (Å²) in [6.07, 6.45) is 4.96. The first-order chi connectivity index (χ1) is 21.3. The second kappa shape index (κ2) is 14.9. The molecule has 0 spiro atoms. The van der Waals surface area contributed by atoms with E-state index >= 15 is 0 Å². The summed E-state index contributed by atoms with van der Waals surface area (Å²) in [5.41, 5.74) is 5.68. The van der Waals surface area contributed by atoms with Gasteiger partial charge in [0.05, 0.1) is 20.3 Å². The largest absolute Gasteiger partial charge is 0.497 e. The van der Waals surface area contributed by atoms with E-state index in [4.69, 9.17) is 9.47 Å². The van der Waals surface area contributed by atoms with E-state index in [-0.39, 0.29) is 17.7 Å². The average molecular weight is 599 g/mol. The number of fused-ring (bicyclic) bond motifs is 1. The first-order valence-corrected chi connectivity index (χ1v) is 15.9. The first-order valence-electron chi connectivity index (χ1n) is 15.9. The molecule has 3 aromatic carbocycles. The molecule has 1 atom stereocenters. The van der Waals surface area contributed by atoms with Crippen molar-refractivity contribution in [3.63, 3.8) is 0 Å². The number of aliphatic hydroxyl groups is 1. The Hall–Kier alpha value is -3.68. The number of hydrogen-bond donors (Lipinski definition) is 1. The highest BCUT2D eigenvalue weighted by Gasteiger charge is 2.29. The van der Waals surface area contributed by atoms with Crippen LogP contribution >= 0.6 is 0 Å². The predicted octanol–water partition coefficient (Wildman–Crippen LogP) is 5.50. The third-order valence-corrected chi connectivity index (χ3v) is 9.42. The third kappa shape index (κ3) is 8.07. The predicted molar refractivity (Wildman–Crippen MR) is 172 cm³/mol. The number of hydrogen-bond acceptors (Lipinski definition) is 6. The Labute approximate surface area is 261 Å². The average Bonchev–Trinajstić information content (AvgIpc) is 3.48. The number of Topliss-reactive ketones (excluding diaryl/α,β-unsaturated/α-hetero) is 1. The summed E-state index contributed by atoms with van der Waals surface area (Å²) in [6.45, 7) is 4.41. The van der Waals surface area contributed by atoms with Gasteiger partial charge in [0.2, 0.25) is 5.91 Å². The van der Waals surface area contributed by atoms with Crippen LogP contribution in [0.15, 0.2) is 66.7 Å². The number of ether oxygens (including phenoxy) is 2. The van der Waals surface area contributed by atoms with Gasteiger partial charge in [0.15, 0.2) is 5.78 Å². The van der Waals surface area contributed by atoms with Crippen LogP contribution in [0, 0.1) is 5.92 Å². The van der Waals surface area contributed by atoms with E-state index in [9.17, 15) is 14.7 Å². The van der Waals surface area contributed by atoms with E-state index in [0.717, 1.165) is 62.3 Å². The van der Waals surface area contributed by atoms with Gasteiger partial charge >= 0.3 is 0 Å². The summed E-state index contributed by atoms with van der Waals surface area (Å²) in [7, 11) is 3.31. The Morgan fingerprint density at radius 3 is 2.25 bits per heavy atom. The number of benzene rings is 3. The molecule has 7 nitrogen and oxygen atoms in total. The minimum absolute atomic E-state index is 0.0574. The van der Waals surface area contributed by atoms with Gasteiger partial charge in [0.25, 0.3) is 0 Å². The molecule has 1 fully saturated rings. The van der Waals surface area contributed by atoms with Gasteiger partial charge in [-0.25, -0.2) is 0 Å². The highest BCUT2D eigenvalue weighted by Crippen LogP contribution is 2.31. The Morgan fingerprint density at radius 1 is 0.955 bits per heavy atom. The maximum absolute atomic E-state index is 13.1. The molecule has 0 aromatic heterocycles. The molecule has 7 heteroatoms. The number of carbonyl (C=O) groups is 2. The van der Waals surface area contributed by atoms with Crippen LogP contribution in [0.2, 0.25) is 0 Å². The second-order valence-corrected chi connectivity index (χ2v) is 12.4. The van der Waals surface area contributed by atoms with Crippen molar-refractivity contribution in [3.05, 3.63) is 94.5 Å². The zero-order valence-electron chi connectivity index (χ0n) is 26.3. The van der Waals surface area contributed by atoms with Crippen LogP contribution in [0.5, 0.6) is 11.5 Å². The van der Waals surface area contributed by atoms with E-state index in [1.165, 1.54) is 16.7 Å². The van der Waals surface area contributed by atoms with Gasteiger partial charge in [-0.15, -0.1) is 0 Å². The minimum atomic E-state index is -0.632. The van der Waals surface area contributed by atoms with Crippen molar-refractivity contribution >= 4 is 11.7 Å². The highest BCUT2D eigenvalue weighted by atomic mass is 16.5. The van der Waals surface area contributed by atoms with Gasteiger partial charge in [-0.05, 0) is 67.2 Å². The Balaban J connectivity index is 1.17. The summed E-state index contributed by atoms with van der Waals surface area (Å²) in [5, 5.41) is 11.2. The van der Waals surface area contributed by atoms with Crippen LogP contribution < -0.4 is 9.47 Å². The topological polar surface area (TPSA) is 79.3 Å². The fourth-order valence-electron chi connectivity index (χ4n) is 6.75. The number of piperidine rings is 1. The van der Waals surface area contributed by atoms with E-state index in [0.29, 0.717) is 37.4 Å². The van der Waals surface area contributed by atoms with Crippen molar-refractivity contribution in [2.24, 2.45) is 5.92 Å². The van der Waals surface area contributed by atoms with Crippen molar-refractivity contribution in [2.45, 2.75) is 70.6 Å². The molecule has 3 aromatic rings. The zero-order chi connectivity index (χ0) is 31.1. The molecule has 1 unspecified atom stereocenters. The van der Waals surface area contributed by atoms with Crippen molar-refractivity contribution < 1.29 is 24.2 Å². The Kier molecular flexibility index (Phi) is 10.7. The van der Waals surface area contributed by atoms with Gasteiger partial charge in [-0.2, -0.15) is 0 Å². The quantitative estimate of drug-likeness (QED) is 0.262. The molecular formula is C37H46N2O5. The lowest BCUT2D eigenvalue weighted by atomic mass is 9.89. The SMILES string of the molecule is COc1ccc(CN(CC(O)CCC(=O)c2ccc(CC3CCN(C(C)=O)CC3)cc2)C2Cc3ccccc3C2)c(OC)c1. The molecule has 5 rings (SSSR count). The summed E-state index contributed by atoms with van der Waals surface area (Å²) >= 11 is 0. The van der Waals surface area contributed by atoms with Crippen LogP contribution in [0.4, 0.5) is 0 Å². The molecule has 1 aliphatic carbocycles. The number of rotatable bonds is 13. The highest BCUT2D eigenvalue weighted by molar-refractivity contribution is 5.96. The van der Waals surface area contributed by atoms with E-state index in [1.54, 1.807) is 21.1 Å². The lowest BCUT2D eigenvalue weighted by molar-refractivity contribution is -0.130. The summed E-state index contributed by atoms with van der Waals surface area (Å²) in [5.74, 6) is 2.29. The van der Waals surface area contributed by atoms with Crippen molar-refractivity contribution in [1.82, 2.24) is 9.80 Å². The number of ketones is 1. The van der Waals surface area contributed by atoms with Crippen LogP contribution in [-0.4, -0.2) is 72.6 Å². The summed E-state index contributed by atoms with van der Waals surface area (Å²) in [6, 6.07) is 22.6. The number of carbonyl (C=O) groups excluding carboxylic acids is 2. The van der Waals surface area contributed by atoms with Crippen LogP contribution in [-0.2, 0) is 30.6 Å². The van der Waals surface area contributed by atoms with Gasteiger partial charge in [-0.1, -0.05) is 54.6 Å². The fraction of sp³-hybridized carbons (Fsp3) is 0.459. The van der Waals surface area contributed by atoms with Crippen molar-refractivity contribution in [2.75, 3.05) is 33.9 Å². The normalized spacial score (nSPS) is 16.2. The maximum Gasteiger partial charge on any atom is 0.219 e. The number of likely N-dealkylation sites (tertiary alicyclic amines) is 1. The minimum Gasteiger partial charge on any atom is -0.497 e. The Morgan fingerprint density at radius 2 is 1.64 bits per heavy atom. The molecular weight excluding hydrogens is 552 g/mol. The third-order valence-electron chi connectivity index (χ3n) is 9.42. The molecule has 1 N–H and O–H groups in total. The smallest absolute Gasteiger partial charge is 0.219 e. The van der Waals surface area contributed by atoms with E-state index in [2.05, 4.69) is 41.3 Å². The molecule has 234 valence electrons. The number of amides is 1. The van der Waals surface area contributed by atoms with Gasteiger partial charge < -0.3 is 19.5 Å². The molecule has 1 saturated heterocycles. The molecule has 1 heterocycles. The lowest BCUT2D eigenvalue weighted by Gasteiger charge is -2.31. The maximum atomic E-state index is 13.1. The summed E-state index contributed by atoms with van der Waals surface area (Å²) in [4.78, 5) is 29.0. The molecule has 0 saturated carbocycles.